The highest BCUT2D eigenvalue weighted by Crippen LogP contribution is 2.06. The second-order valence-corrected chi connectivity index (χ2v) is 6.91. The molecule has 0 aromatic heterocycles. The quantitative estimate of drug-likeness (QED) is 0.304. The van der Waals surface area contributed by atoms with Gasteiger partial charge in [-0.1, -0.05) is 12.8 Å². The SMILES string of the molecule is CC(C)(CNCCCCCCNCC(C)(C)[N+](=O)[O-])[N+](=O)[O-]. The first kappa shape index (κ1) is 20.7. The van der Waals surface area contributed by atoms with Gasteiger partial charge in [-0.15, -0.1) is 0 Å². The van der Waals surface area contributed by atoms with Crippen molar-refractivity contribution in [2.24, 2.45) is 0 Å². The van der Waals surface area contributed by atoms with Crippen LogP contribution in [-0.4, -0.2) is 47.1 Å². The first-order valence-electron chi connectivity index (χ1n) is 7.80. The molecule has 0 bridgehead atoms. The predicted molar refractivity (Wildman–Crippen MR) is 86.4 cm³/mol. The van der Waals surface area contributed by atoms with E-state index in [1.165, 1.54) is 0 Å². The maximum atomic E-state index is 10.7. The van der Waals surface area contributed by atoms with Gasteiger partial charge in [0.25, 0.3) is 0 Å². The summed E-state index contributed by atoms with van der Waals surface area (Å²) in [4.78, 5) is 20.9. The van der Waals surface area contributed by atoms with E-state index in [2.05, 4.69) is 10.6 Å². The summed E-state index contributed by atoms with van der Waals surface area (Å²) in [6.07, 6.45) is 4.06. The van der Waals surface area contributed by atoms with Crippen LogP contribution in [0, 0.1) is 20.2 Å². The van der Waals surface area contributed by atoms with Crippen LogP contribution in [0.25, 0.3) is 0 Å². The lowest BCUT2D eigenvalue weighted by Crippen LogP contribution is -2.42. The Morgan fingerprint density at radius 2 is 1.05 bits per heavy atom. The molecule has 0 saturated carbocycles. The van der Waals surface area contributed by atoms with E-state index in [1.54, 1.807) is 27.7 Å². The van der Waals surface area contributed by atoms with Crippen molar-refractivity contribution in [3.05, 3.63) is 20.2 Å². The zero-order valence-corrected chi connectivity index (χ0v) is 14.2. The number of hydrogen-bond donors (Lipinski definition) is 2. The van der Waals surface area contributed by atoms with Gasteiger partial charge in [0.1, 0.15) is 0 Å². The fraction of sp³-hybridized carbons (Fsp3) is 1.00. The van der Waals surface area contributed by atoms with Crippen molar-refractivity contribution in [1.29, 1.82) is 0 Å². The predicted octanol–water partition coefficient (Wildman–Crippen LogP) is 1.84. The Hall–Kier alpha value is -1.28. The summed E-state index contributed by atoms with van der Waals surface area (Å²) < 4.78 is 0. The smallest absolute Gasteiger partial charge is 0.228 e. The molecule has 0 aromatic carbocycles. The molecule has 8 heteroatoms. The number of nitrogens with one attached hydrogen (secondary N) is 2. The van der Waals surface area contributed by atoms with Crippen molar-refractivity contribution in [2.45, 2.75) is 64.5 Å². The molecule has 0 atom stereocenters. The minimum atomic E-state index is -0.923. The van der Waals surface area contributed by atoms with E-state index in [9.17, 15) is 20.2 Å². The Bertz CT molecular complexity index is 325. The van der Waals surface area contributed by atoms with Gasteiger partial charge < -0.3 is 10.6 Å². The highest BCUT2D eigenvalue weighted by molar-refractivity contribution is 4.71. The van der Waals surface area contributed by atoms with Crippen LogP contribution in [0.3, 0.4) is 0 Å². The number of unbranched alkanes of at least 4 members (excludes halogenated alkanes) is 3. The van der Waals surface area contributed by atoms with Crippen molar-refractivity contribution >= 4 is 0 Å². The Balaban J connectivity index is 3.45. The summed E-state index contributed by atoms with van der Waals surface area (Å²) in [6.45, 7) is 8.74. The molecule has 0 fully saturated rings. The molecular weight excluding hydrogens is 288 g/mol. The molecule has 0 aliphatic heterocycles. The van der Waals surface area contributed by atoms with Gasteiger partial charge in [0, 0.05) is 37.5 Å². The molecule has 0 aliphatic rings. The summed E-state index contributed by atoms with van der Waals surface area (Å²) >= 11 is 0. The first-order chi connectivity index (χ1) is 10.1. The monoisotopic (exact) mass is 318 g/mol. The van der Waals surface area contributed by atoms with Crippen molar-refractivity contribution in [2.75, 3.05) is 26.2 Å². The Morgan fingerprint density at radius 3 is 1.32 bits per heavy atom. The van der Waals surface area contributed by atoms with Crippen LogP contribution in [0.5, 0.6) is 0 Å². The van der Waals surface area contributed by atoms with Gasteiger partial charge >= 0.3 is 0 Å². The van der Waals surface area contributed by atoms with Crippen LogP contribution in [0.4, 0.5) is 0 Å². The summed E-state index contributed by atoms with van der Waals surface area (Å²) in [5.74, 6) is 0. The fourth-order valence-electron chi connectivity index (χ4n) is 1.77. The van der Waals surface area contributed by atoms with E-state index in [4.69, 9.17) is 0 Å². The summed E-state index contributed by atoms with van der Waals surface area (Å²) in [5.41, 5.74) is -1.85. The number of nitro groups is 2. The molecule has 0 unspecified atom stereocenters. The Morgan fingerprint density at radius 1 is 0.727 bits per heavy atom. The third-order valence-corrected chi connectivity index (χ3v) is 3.56. The van der Waals surface area contributed by atoms with E-state index < -0.39 is 11.1 Å². The van der Waals surface area contributed by atoms with E-state index in [0.717, 1.165) is 38.8 Å². The Labute approximate surface area is 132 Å². The molecule has 2 N–H and O–H groups in total. The number of rotatable bonds is 13. The molecule has 8 nitrogen and oxygen atoms in total. The lowest BCUT2D eigenvalue weighted by atomic mass is 10.1. The minimum absolute atomic E-state index is 0.266. The number of nitrogens with zero attached hydrogens (tertiary/aromatic N) is 2. The van der Waals surface area contributed by atoms with Gasteiger partial charge in [0.2, 0.25) is 11.1 Å². The molecule has 0 amide bonds. The third kappa shape index (κ3) is 8.89. The van der Waals surface area contributed by atoms with E-state index in [1.807, 2.05) is 0 Å². The first-order valence-corrected chi connectivity index (χ1v) is 7.80. The summed E-state index contributed by atoms with van der Waals surface area (Å²) in [6, 6.07) is 0. The maximum Gasteiger partial charge on any atom is 0.228 e. The van der Waals surface area contributed by atoms with Gasteiger partial charge in [0.15, 0.2) is 0 Å². The van der Waals surface area contributed by atoms with E-state index in [0.29, 0.717) is 13.1 Å². The zero-order chi connectivity index (χ0) is 17.2. The minimum Gasteiger partial charge on any atom is -0.310 e. The van der Waals surface area contributed by atoms with Crippen molar-refractivity contribution in [1.82, 2.24) is 10.6 Å². The van der Waals surface area contributed by atoms with Gasteiger partial charge in [-0.25, -0.2) is 0 Å². The van der Waals surface area contributed by atoms with Crippen LogP contribution in [-0.2, 0) is 0 Å². The van der Waals surface area contributed by atoms with Crippen LogP contribution in [0.2, 0.25) is 0 Å². The molecule has 0 rings (SSSR count). The van der Waals surface area contributed by atoms with Crippen LogP contribution < -0.4 is 10.6 Å². The summed E-state index contributed by atoms with van der Waals surface area (Å²) in [5, 5.41) is 27.7. The van der Waals surface area contributed by atoms with Gasteiger partial charge in [-0.3, -0.25) is 20.2 Å². The van der Waals surface area contributed by atoms with Crippen LogP contribution in [0.15, 0.2) is 0 Å². The van der Waals surface area contributed by atoms with Crippen LogP contribution in [0.1, 0.15) is 53.4 Å². The van der Waals surface area contributed by atoms with E-state index >= 15 is 0 Å². The molecule has 22 heavy (non-hydrogen) atoms. The molecular formula is C14H30N4O4. The van der Waals surface area contributed by atoms with Crippen molar-refractivity contribution in [3.63, 3.8) is 0 Å². The normalized spacial score (nSPS) is 12.4. The third-order valence-electron chi connectivity index (χ3n) is 3.56. The highest BCUT2D eigenvalue weighted by Gasteiger charge is 2.30. The standard InChI is InChI=1S/C14H30N4O4/c1-13(2,17(19)20)11-15-9-7-5-6-8-10-16-12-14(3,4)18(21)22/h15-16H,5-12H2,1-4H3. The fourth-order valence-corrected chi connectivity index (χ4v) is 1.77. The zero-order valence-electron chi connectivity index (χ0n) is 14.2. The topological polar surface area (TPSA) is 110 Å². The largest absolute Gasteiger partial charge is 0.310 e. The molecule has 0 aromatic rings. The summed E-state index contributed by atoms with van der Waals surface area (Å²) in [7, 11) is 0. The molecule has 0 radical (unpaired) electrons. The molecule has 0 aliphatic carbocycles. The second kappa shape index (κ2) is 9.68. The molecule has 0 spiro atoms. The van der Waals surface area contributed by atoms with Crippen molar-refractivity contribution < 1.29 is 9.85 Å². The van der Waals surface area contributed by atoms with Crippen LogP contribution >= 0.6 is 0 Å². The lowest BCUT2D eigenvalue weighted by molar-refractivity contribution is -0.558. The lowest BCUT2D eigenvalue weighted by Gasteiger charge is -2.16. The average Bonchev–Trinajstić information content (AvgIpc) is 2.40. The van der Waals surface area contributed by atoms with E-state index in [-0.39, 0.29) is 9.85 Å². The van der Waals surface area contributed by atoms with Gasteiger partial charge in [0.05, 0.1) is 13.1 Å². The molecule has 0 heterocycles. The maximum absolute atomic E-state index is 10.7. The molecule has 130 valence electrons. The number of hydrogen-bond acceptors (Lipinski definition) is 6. The second-order valence-electron chi connectivity index (χ2n) is 6.91. The van der Waals surface area contributed by atoms with Gasteiger partial charge in [-0.2, -0.15) is 0 Å². The van der Waals surface area contributed by atoms with Gasteiger partial charge in [-0.05, 0) is 25.9 Å². The highest BCUT2D eigenvalue weighted by atomic mass is 16.6. The average molecular weight is 318 g/mol. The Kier molecular flexibility index (Phi) is 9.12. The van der Waals surface area contributed by atoms with Crippen molar-refractivity contribution in [3.8, 4) is 0 Å². The molecule has 0 saturated heterocycles.